The highest BCUT2D eigenvalue weighted by molar-refractivity contribution is 9.10. The van der Waals surface area contributed by atoms with Gasteiger partial charge in [0.2, 0.25) is 0 Å². The summed E-state index contributed by atoms with van der Waals surface area (Å²) in [6.45, 7) is 0. The van der Waals surface area contributed by atoms with Gasteiger partial charge in [-0.25, -0.2) is 4.39 Å². The van der Waals surface area contributed by atoms with Gasteiger partial charge in [0.25, 0.3) is 0 Å². The molecule has 2 aromatic rings. The molecule has 0 aromatic heterocycles. The van der Waals surface area contributed by atoms with Crippen molar-refractivity contribution in [2.24, 2.45) is 10.9 Å². The highest BCUT2D eigenvalue weighted by Crippen LogP contribution is 2.34. The van der Waals surface area contributed by atoms with Gasteiger partial charge < -0.3 is 15.7 Å². The molecule has 0 aliphatic carbocycles. The van der Waals surface area contributed by atoms with E-state index in [4.69, 9.17) is 38.9 Å². The summed E-state index contributed by atoms with van der Waals surface area (Å²) in [5.41, 5.74) is 5.64. The van der Waals surface area contributed by atoms with Gasteiger partial charge in [-0.15, -0.1) is 0 Å². The summed E-state index contributed by atoms with van der Waals surface area (Å²) in [5.74, 6) is -0.631. The second kappa shape index (κ2) is 6.51. The van der Waals surface area contributed by atoms with E-state index in [1.165, 1.54) is 24.3 Å². The van der Waals surface area contributed by atoms with E-state index in [1.54, 1.807) is 6.07 Å². The number of oxime groups is 1. The fourth-order valence-electron chi connectivity index (χ4n) is 1.53. The maximum absolute atomic E-state index is 14.2. The van der Waals surface area contributed by atoms with Crippen molar-refractivity contribution in [3.63, 3.8) is 0 Å². The number of hydrogen-bond donors (Lipinski definition) is 2. The highest BCUT2D eigenvalue weighted by atomic mass is 79.9. The van der Waals surface area contributed by atoms with Crippen molar-refractivity contribution < 1.29 is 14.3 Å². The zero-order valence-electron chi connectivity index (χ0n) is 10.3. The molecule has 4 nitrogen and oxygen atoms in total. The Balaban J connectivity index is 2.37. The van der Waals surface area contributed by atoms with Crippen LogP contribution < -0.4 is 10.5 Å². The molecule has 21 heavy (non-hydrogen) atoms. The minimum absolute atomic E-state index is 0.0235. The van der Waals surface area contributed by atoms with Crippen molar-refractivity contribution in [1.82, 2.24) is 0 Å². The molecule has 110 valence electrons. The van der Waals surface area contributed by atoms with Gasteiger partial charge in [0.05, 0.1) is 14.5 Å². The number of halogens is 4. The summed E-state index contributed by atoms with van der Waals surface area (Å²) in [6.07, 6.45) is 0. The van der Waals surface area contributed by atoms with Gasteiger partial charge in [0.1, 0.15) is 5.75 Å². The van der Waals surface area contributed by atoms with Crippen LogP contribution in [-0.2, 0) is 0 Å². The average Bonchev–Trinajstić information content (AvgIpc) is 2.47. The van der Waals surface area contributed by atoms with Gasteiger partial charge >= 0.3 is 0 Å². The van der Waals surface area contributed by atoms with Crippen LogP contribution in [-0.4, -0.2) is 11.0 Å². The molecule has 0 fully saturated rings. The van der Waals surface area contributed by atoms with Crippen LogP contribution in [0.25, 0.3) is 0 Å². The Morgan fingerprint density at radius 2 is 1.95 bits per heavy atom. The molecule has 0 saturated carbocycles. The number of rotatable bonds is 3. The van der Waals surface area contributed by atoms with Gasteiger partial charge in [0, 0.05) is 11.6 Å². The molecule has 2 aromatic carbocycles. The summed E-state index contributed by atoms with van der Waals surface area (Å²) in [5, 5.41) is 12.1. The van der Waals surface area contributed by atoms with E-state index in [1.807, 2.05) is 0 Å². The summed E-state index contributed by atoms with van der Waals surface area (Å²) < 4.78 is 19.6. The number of ether oxygens (including phenoxy) is 1. The van der Waals surface area contributed by atoms with Crippen LogP contribution in [0.4, 0.5) is 4.39 Å². The fraction of sp³-hybridized carbons (Fsp3) is 0. The number of hydrogen-bond acceptors (Lipinski definition) is 3. The first-order chi connectivity index (χ1) is 9.93. The lowest BCUT2D eigenvalue weighted by atomic mass is 10.2. The largest absolute Gasteiger partial charge is 0.454 e. The molecule has 0 atom stereocenters. The van der Waals surface area contributed by atoms with Crippen LogP contribution >= 0.6 is 39.1 Å². The number of amidine groups is 1. The minimum atomic E-state index is -0.690. The van der Waals surface area contributed by atoms with Crippen molar-refractivity contribution in [2.75, 3.05) is 0 Å². The van der Waals surface area contributed by atoms with Crippen LogP contribution in [0.15, 0.2) is 40.0 Å². The van der Waals surface area contributed by atoms with Crippen LogP contribution in [0, 0.1) is 5.82 Å². The second-order valence-electron chi connectivity index (χ2n) is 3.90. The second-order valence-corrected chi connectivity index (χ2v) is 5.51. The summed E-state index contributed by atoms with van der Waals surface area (Å²) in [7, 11) is 0. The third-order valence-electron chi connectivity index (χ3n) is 2.55. The predicted octanol–water partition coefficient (Wildman–Crippen LogP) is 4.78. The van der Waals surface area contributed by atoms with Gasteiger partial charge in [-0.05, 0) is 40.2 Å². The normalized spacial score (nSPS) is 11.5. The summed E-state index contributed by atoms with van der Waals surface area (Å²) in [6, 6.07) is 7.37. The van der Waals surface area contributed by atoms with Crippen LogP contribution in [0.1, 0.15) is 5.56 Å². The van der Waals surface area contributed by atoms with Gasteiger partial charge in [-0.1, -0.05) is 28.4 Å². The zero-order chi connectivity index (χ0) is 15.6. The first kappa shape index (κ1) is 15.9. The number of nitrogens with two attached hydrogens (primary N) is 1. The Morgan fingerprint density at radius 1 is 1.24 bits per heavy atom. The van der Waals surface area contributed by atoms with Crippen LogP contribution in [0.5, 0.6) is 11.5 Å². The first-order valence-corrected chi connectivity index (χ1v) is 7.07. The van der Waals surface area contributed by atoms with E-state index < -0.39 is 5.82 Å². The van der Waals surface area contributed by atoms with Crippen LogP contribution in [0.2, 0.25) is 10.0 Å². The highest BCUT2D eigenvalue weighted by Gasteiger charge is 2.16. The van der Waals surface area contributed by atoms with Gasteiger partial charge in [0.15, 0.2) is 17.4 Å². The van der Waals surface area contributed by atoms with E-state index in [9.17, 15) is 4.39 Å². The Kier molecular flexibility index (Phi) is 4.92. The molecule has 0 bridgehead atoms. The molecule has 0 aliphatic heterocycles. The molecule has 0 radical (unpaired) electrons. The molecule has 0 saturated heterocycles. The third kappa shape index (κ3) is 3.40. The van der Waals surface area contributed by atoms with E-state index >= 15 is 0 Å². The third-order valence-corrected chi connectivity index (χ3v) is 4.06. The zero-order valence-corrected chi connectivity index (χ0v) is 13.4. The smallest absolute Gasteiger partial charge is 0.180 e. The maximum Gasteiger partial charge on any atom is 0.180 e. The summed E-state index contributed by atoms with van der Waals surface area (Å²) in [4.78, 5) is 0. The Labute approximate surface area is 138 Å². The lowest BCUT2D eigenvalue weighted by molar-refractivity contribution is 0.318. The van der Waals surface area contributed by atoms with E-state index in [-0.39, 0.29) is 21.6 Å². The van der Waals surface area contributed by atoms with Gasteiger partial charge in [-0.3, -0.25) is 0 Å². The number of nitrogens with zero attached hydrogens (tertiary/aromatic N) is 1. The van der Waals surface area contributed by atoms with Crippen LogP contribution in [0.3, 0.4) is 0 Å². The quantitative estimate of drug-likeness (QED) is 0.341. The molecule has 2 rings (SSSR count). The van der Waals surface area contributed by atoms with Crippen molar-refractivity contribution in [3.8, 4) is 11.5 Å². The molecule has 3 N–H and O–H groups in total. The standard InChI is InChI=1S/C13H8BrCl2FN2O2/c14-11-7(13(18)19-20)2-4-10(12(11)17)21-6-1-3-8(15)9(16)5-6/h1-5,20H,(H2,18,19). The SMILES string of the molecule is N/C(=N/O)c1ccc(Oc2ccc(Cl)c(Cl)c2)c(F)c1Br. The Morgan fingerprint density at radius 3 is 2.57 bits per heavy atom. The Bertz CT molecular complexity index is 726. The van der Waals surface area contributed by atoms with Crippen molar-refractivity contribution >= 4 is 45.0 Å². The monoisotopic (exact) mass is 392 g/mol. The molecule has 0 unspecified atom stereocenters. The van der Waals surface area contributed by atoms with Crippen molar-refractivity contribution in [1.29, 1.82) is 0 Å². The lowest BCUT2D eigenvalue weighted by Gasteiger charge is -2.10. The van der Waals surface area contributed by atoms with E-state index in [2.05, 4.69) is 21.1 Å². The average molecular weight is 394 g/mol. The predicted molar refractivity (Wildman–Crippen MR) is 83.1 cm³/mol. The maximum atomic E-state index is 14.2. The van der Waals surface area contributed by atoms with E-state index in [0.717, 1.165) is 0 Å². The molecule has 0 aliphatic rings. The molecular weight excluding hydrogens is 386 g/mol. The topological polar surface area (TPSA) is 67.8 Å². The molecule has 0 spiro atoms. The summed E-state index contributed by atoms with van der Waals surface area (Å²) >= 11 is 14.7. The first-order valence-electron chi connectivity index (χ1n) is 5.53. The van der Waals surface area contributed by atoms with Crippen molar-refractivity contribution in [2.45, 2.75) is 0 Å². The Hall–Kier alpha value is -1.50. The minimum Gasteiger partial charge on any atom is -0.454 e. The van der Waals surface area contributed by atoms with Crippen molar-refractivity contribution in [3.05, 3.63) is 56.2 Å². The number of benzene rings is 2. The molecule has 8 heteroatoms. The molecule has 0 amide bonds. The van der Waals surface area contributed by atoms with Gasteiger partial charge in [-0.2, -0.15) is 0 Å². The molecule has 0 heterocycles. The fourth-order valence-corrected chi connectivity index (χ4v) is 2.35. The lowest BCUT2D eigenvalue weighted by Crippen LogP contribution is -2.14. The van der Waals surface area contributed by atoms with E-state index in [0.29, 0.717) is 15.8 Å². The molecular formula is C13H8BrCl2FN2O2.